The average molecular weight is 546 g/mol. The van der Waals surface area contributed by atoms with Crippen LogP contribution in [-0.2, 0) is 20.7 Å². The van der Waals surface area contributed by atoms with E-state index < -0.39 is 17.7 Å². The molecular weight excluding hydrogens is 486 g/mol. The van der Waals surface area contributed by atoms with Gasteiger partial charge in [-0.1, -0.05) is 134 Å². The molecule has 5 heteroatoms. The Kier molecular flexibility index (Phi) is 19.5. The lowest BCUT2D eigenvalue weighted by Gasteiger charge is -2.24. The van der Waals surface area contributed by atoms with Gasteiger partial charge in [-0.25, -0.2) is 9.59 Å². The maximum absolute atomic E-state index is 13.2. The Morgan fingerprint density at radius 2 is 1.23 bits per heavy atom. The number of unbranched alkanes of at least 4 members (excludes halogenated alkanes) is 12. The molecule has 1 rings (SSSR count). The number of hydrogen-bond acceptors (Lipinski definition) is 4. The number of amides is 1. The first-order chi connectivity index (χ1) is 18.7. The lowest BCUT2D eigenvalue weighted by atomic mass is 9.94. The minimum Gasteiger partial charge on any atom is -0.464 e. The van der Waals surface area contributed by atoms with E-state index in [2.05, 4.69) is 19.2 Å². The van der Waals surface area contributed by atoms with Crippen molar-refractivity contribution in [2.24, 2.45) is 5.92 Å². The monoisotopic (exact) mass is 545 g/mol. The van der Waals surface area contributed by atoms with Crippen molar-refractivity contribution in [2.45, 2.75) is 155 Å². The van der Waals surface area contributed by atoms with Crippen LogP contribution in [0, 0.1) is 5.92 Å². The van der Waals surface area contributed by atoms with Crippen LogP contribution in [-0.4, -0.2) is 30.3 Å². The number of nitrogens with one attached hydrogen (secondary N) is 1. The van der Waals surface area contributed by atoms with Gasteiger partial charge < -0.3 is 14.8 Å². The molecule has 0 unspecified atom stereocenters. The Hall–Kier alpha value is -2.04. The van der Waals surface area contributed by atoms with E-state index in [9.17, 15) is 9.59 Å². The molecule has 0 aliphatic rings. The first-order valence-electron chi connectivity index (χ1n) is 15.9. The smallest absolute Gasteiger partial charge is 0.408 e. The minimum absolute atomic E-state index is 0.374. The molecule has 0 aromatic heterocycles. The number of hydrogen-bond donors (Lipinski definition) is 1. The van der Waals surface area contributed by atoms with Crippen molar-refractivity contribution in [1.82, 2.24) is 5.32 Å². The van der Waals surface area contributed by atoms with E-state index in [4.69, 9.17) is 9.47 Å². The third kappa shape index (κ3) is 19.6. The quantitative estimate of drug-likeness (QED) is 0.116. The van der Waals surface area contributed by atoms with Gasteiger partial charge >= 0.3 is 12.1 Å². The maximum atomic E-state index is 13.2. The highest BCUT2D eigenvalue weighted by atomic mass is 16.6. The summed E-state index contributed by atoms with van der Waals surface area (Å²) in [6, 6.07) is 8.95. The summed E-state index contributed by atoms with van der Waals surface area (Å²) in [5.74, 6) is -0.00650. The Labute approximate surface area is 240 Å². The van der Waals surface area contributed by atoms with E-state index in [-0.39, 0.29) is 5.97 Å². The van der Waals surface area contributed by atoms with Gasteiger partial charge in [0.15, 0.2) is 0 Å². The average Bonchev–Trinajstić information content (AvgIpc) is 2.89. The second-order valence-corrected chi connectivity index (χ2v) is 12.2. The van der Waals surface area contributed by atoms with Crippen LogP contribution in [0.25, 0.3) is 0 Å². The van der Waals surface area contributed by atoms with Gasteiger partial charge in [0.1, 0.15) is 11.6 Å². The van der Waals surface area contributed by atoms with Gasteiger partial charge in [0.05, 0.1) is 6.61 Å². The molecule has 0 spiro atoms. The molecule has 5 nitrogen and oxygen atoms in total. The van der Waals surface area contributed by atoms with Gasteiger partial charge in [-0.3, -0.25) is 0 Å². The summed E-state index contributed by atoms with van der Waals surface area (Å²) in [6.07, 6.45) is 20.0. The van der Waals surface area contributed by atoms with Crippen molar-refractivity contribution in [3.63, 3.8) is 0 Å². The number of rotatable bonds is 22. The Bertz CT molecular complexity index is 725. The van der Waals surface area contributed by atoms with E-state index in [0.29, 0.717) is 18.9 Å². The predicted octanol–water partition coefficient (Wildman–Crippen LogP) is 9.56. The third-order valence-electron chi connectivity index (χ3n) is 7.15. The minimum atomic E-state index is -0.778. The molecule has 1 amide bonds. The van der Waals surface area contributed by atoms with Crippen LogP contribution in [0.2, 0.25) is 0 Å². The van der Waals surface area contributed by atoms with Crippen molar-refractivity contribution in [1.29, 1.82) is 0 Å². The molecule has 0 saturated heterocycles. The van der Waals surface area contributed by atoms with Crippen molar-refractivity contribution in [3.8, 4) is 0 Å². The molecule has 0 radical (unpaired) electrons. The SMILES string of the molecule is CCCCCCCCCC(CCCCCCCCC)COC(=O)[C@H](Cc1ccccc1)NC(=O)OC(C)(C)C. The summed E-state index contributed by atoms with van der Waals surface area (Å²) in [5.41, 5.74) is 0.335. The summed E-state index contributed by atoms with van der Waals surface area (Å²) < 4.78 is 11.3. The molecule has 0 heterocycles. The van der Waals surface area contributed by atoms with Crippen LogP contribution in [0.4, 0.5) is 4.79 Å². The zero-order chi connectivity index (χ0) is 28.8. The first kappa shape index (κ1) is 35.0. The molecule has 0 aliphatic heterocycles. The largest absolute Gasteiger partial charge is 0.464 e. The summed E-state index contributed by atoms with van der Waals surface area (Å²) in [4.78, 5) is 25.7. The van der Waals surface area contributed by atoms with Crippen LogP contribution >= 0.6 is 0 Å². The first-order valence-corrected chi connectivity index (χ1v) is 15.9. The van der Waals surface area contributed by atoms with Crippen molar-refractivity contribution < 1.29 is 19.1 Å². The van der Waals surface area contributed by atoms with Gasteiger partial charge in [0.25, 0.3) is 0 Å². The second kappa shape index (κ2) is 21.7. The lowest BCUT2D eigenvalue weighted by molar-refractivity contribution is -0.147. The van der Waals surface area contributed by atoms with Crippen molar-refractivity contribution in [2.75, 3.05) is 6.61 Å². The van der Waals surface area contributed by atoms with Crippen LogP contribution < -0.4 is 5.32 Å². The molecular formula is C34H59NO4. The van der Waals surface area contributed by atoms with Crippen LogP contribution in [0.5, 0.6) is 0 Å². The fourth-order valence-electron chi connectivity index (χ4n) is 4.88. The van der Waals surface area contributed by atoms with Crippen LogP contribution in [0.15, 0.2) is 30.3 Å². The molecule has 1 aromatic carbocycles. The number of benzene rings is 1. The number of ether oxygens (including phenoxy) is 2. The van der Waals surface area contributed by atoms with Gasteiger partial charge in [0, 0.05) is 6.42 Å². The highest BCUT2D eigenvalue weighted by molar-refractivity contribution is 5.81. The number of alkyl carbamates (subject to hydrolysis) is 1. The fourth-order valence-corrected chi connectivity index (χ4v) is 4.88. The fraction of sp³-hybridized carbons (Fsp3) is 0.765. The molecule has 1 atom stereocenters. The molecule has 1 aromatic rings. The summed E-state index contributed by atoms with van der Waals surface area (Å²) >= 11 is 0. The molecule has 0 bridgehead atoms. The van der Waals surface area contributed by atoms with E-state index >= 15 is 0 Å². The van der Waals surface area contributed by atoms with E-state index in [1.165, 1.54) is 89.9 Å². The zero-order valence-electron chi connectivity index (χ0n) is 25.9. The lowest BCUT2D eigenvalue weighted by Crippen LogP contribution is -2.45. The second-order valence-electron chi connectivity index (χ2n) is 12.2. The van der Waals surface area contributed by atoms with Gasteiger partial charge in [-0.2, -0.15) is 0 Å². The van der Waals surface area contributed by atoms with Crippen LogP contribution in [0.1, 0.15) is 143 Å². The Morgan fingerprint density at radius 1 is 0.744 bits per heavy atom. The van der Waals surface area contributed by atoms with Gasteiger partial charge in [-0.15, -0.1) is 0 Å². The zero-order valence-corrected chi connectivity index (χ0v) is 25.9. The third-order valence-corrected chi connectivity index (χ3v) is 7.15. The Balaban J connectivity index is 2.67. The summed E-state index contributed by atoms with van der Waals surface area (Å²) in [7, 11) is 0. The highest BCUT2D eigenvalue weighted by Gasteiger charge is 2.26. The summed E-state index contributed by atoms with van der Waals surface area (Å²) in [6.45, 7) is 10.4. The Morgan fingerprint density at radius 3 is 1.72 bits per heavy atom. The topological polar surface area (TPSA) is 64.6 Å². The molecule has 224 valence electrons. The van der Waals surface area contributed by atoms with Gasteiger partial charge in [0.2, 0.25) is 0 Å². The van der Waals surface area contributed by atoms with Crippen molar-refractivity contribution >= 4 is 12.1 Å². The highest BCUT2D eigenvalue weighted by Crippen LogP contribution is 2.21. The van der Waals surface area contributed by atoms with E-state index in [1.54, 1.807) is 0 Å². The molecule has 0 aliphatic carbocycles. The molecule has 0 saturated carbocycles. The normalized spacial score (nSPS) is 12.4. The molecule has 1 N–H and O–H groups in total. The number of carbonyl (C=O) groups is 2. The maximum Gasteiger partial charge on any atom is 0.408 e. The standard InChI is InChI=1S/C34H59NO4/c1-6-8-10-12-14-16-19-25-30(26-20-17-15-13-11-9-7-2)28-38-32(36)31(27-29-23-21-18-22-24-29)35-33(37)39-34(3,4)5/h18,21-24,30-31H,6-17,19-20,25-28H2,1-5H3,(H,35,37)/t31-/m0/s1. The van der Waals surface area contributed by atoms with Crippen LogP contribution in [0.3, 0.4) is 0 Å². The molecule has 0 fully saturated rings. The summed E-state index contributed by atoms with van der Waals surface area (Å²) in [5, 5.41) is 2.76. The number of carbonyl (C=O) groups excluding carboxylic acids is 2. The number of esters is 1. The van der Waals surface area contributed by atoms with E-state index in [1.807, 2.05) is 51.1 Å². The predicted molar refractivity (Wildman–Crippen MR) is 163 cm³/mol. The van der Waals surface area contributed by atoms with Crippen molar-refractivity contribution in [3.05, 3.63) is 35.9 Å². The van der Waals surface area contributed by atoms with E-state index in [0.717, 1.165) is 18.4 Å². The molecule has 39 heavy (non-hydrogen) atoms. The van der Waals surface area contributed by atoms with Gasteiger partial charge in [-0.05, 0) is 45.1 Å².